The number of nitrogens with one attached hydrogen (secondary N) is 1. The van der Waals surface area contributed by atoms with Crippen LogP contribution in [0.4, 0.5) is 0 Å². The summed E-state index contributed by atoms with van der Waals surface area (Å²) in [7, 11) is 1.96. The molecule has 196 valence electrons. The zero-order valence-electron chi connectivity index (χ0n) is 22.5. The number of aryl methyl sites for hydroxylation is 1. The van der Waals surface area contributed by atoms with Crippen LogP contribution in [0, 0.1) is 5.92 Å². The predicted octanol–water partition coefficient (Wildman–Crippen LogP) is 6.85. The van der Waals surface area contributed by atoms with Crippen molar-refractivity contribution in [1.29, 1.82) is 0 Å². The van der Waals surface area contributed by atoms with Crippen LogP contribution in [0.2, 0.25) is 0 Å². The van der Waals surface area contributed by atoms with Crippen LogP contribution in [-0.2, 0) is 13.0 Å². The second kappa shape index (κ2) is 14.1. The molecule has 0 aliphatic carbocycles. The summed E-state index contributed by atoms with van der Waals surface area (Å²) in [5.41, 5.74) is 4.61. The van der Waals surface area contributed by atoms with Gasteiger partial charge in [-0.2, -0.15) is 0 Å². The molecule has 3 aromatic rings. The van der Waals surface area contributed by atoms with E-state index in [0.717, 1.165) is 62.3 Å². The van der Waals surface area contributed by atoms with Crippen molar-refractivity contribution in [3.63, 3.8) is 0 Å². The Morgan fingerprint density at radius 2 is 1.65 bits per heavy atom. The SMILES string of the molecule is CCc1ccc(OC(CCNC)c2ccc(C(=O)CCC3CCN(Cc4ccccc4)CC3)cc2)cc1. The minimum absolute atomic E-state index is 0.0508. The molecule has 1 fully saturated rings. The molecule has 4 rings (SSSR count). The molecule has 1 heterocycles. The Morgan fingerprint density at radius 1 is 0.946 bits per heavy atom. The van der Waals surface area contributed by atoms with Gasteiger partial charge in [-0.3, -0.25) is 9.69 Å². The Bertz CT molecular complexity index is 1070. The molecule has 4 nitrogen and oxygen atoms in total. The molecule has 3 aromatic carbocycles. The van der Waals surface area contributed by atoms with Crippen molar-refractivity contribution in [2.24, 2.45) is 5.92 Å². The monoisotopic (exact) mass is 498 g/mol. The molecule has 0 radical (unpaired) electrons. The lowest BCUT2D eigenvalue weighted by molar-refractivity contribution is 0.0961. The number of Topliss-reactive ketones (excluding diaryl/α,β-unsaturated/α-hetero) is 1. The molecule has 0 saturated carbocycles. The van der Waals surface area contributed by atoms with Crippen molar-refractivity contribution < 1.29 is 9.53 Å². The molecule has 1 unspecified atom stereocenters. The summed E-state index contributed by atoms with van der Waals surface area (Å²) in [4.78, 5) is 15.5. The van der Waals surface area contributed by atoms with Crippen molar-refractivity contribution in [3.8, 4) is 5.75 Å². The first kappa shape index (κ1) is 27.1. The third kappa shape index (κ3) is 8.28. The Hall–Kier alpha value is -2.95. The molecule has 4 heteroatoms. The molecule has 0 amide bonds. The summed E-state index contributed by atoms with van der Waals surface area (Å²) < 4.78 is 6.35. The standard InChI is InChI=1S/C33H42N2O2/c1-3-26-9-16-31(17-10-26)37-33(19-22-34-2)30-14-12-29(13-15-30)32(36)18-11-27-20-23-35(24-21-27)25-28-7-5-4-6-8-28/h4-10,12-17,27,33-34H,3,11,18-25H2,1-2H3. The van der Waals surface area contributed by atoms with Gasteiger partial charge in [0.1, 0.15) is 11.9 Å². The summed E-state index contributed by atoms with van der Waals surface area (Å²) >= 11 is 0. The first-order valence-corrected chi connectivity index (χ1v) is 13.9. The normalized spacial score (nSPS) is 15.4. The quantitative estimate of drug-likeness (QED) is 0.262. The fraction of sp³-hybridized carbons (Fsp3) is 0.424. The van der Waals surface area contributed by atoms with Crippen LogP contribution < -0.4 is 10.1 Å². The summed E-state index contributed by atoms with van der Waals surface area (Å²) in [5.74, 6) is 1.78. The third-order valence-electron chi connectivity index (χ3n) is 7.61. The van der Waals surface area contributed by atoms with E-state index in [4.69, 9.17) is 4.74 Å². The van der Waals surface area contributed by atoms with Gasteiger partial charge in [0.05, 0.1) is 0 Å². The summed E-state index contributed by atoms with van der Waals surface area (Å²) in [6.07, 6.45) is 5.82. The van der Waals surface area contributed by atoms with Gasteiger partial charge in [-0.05, 0) is 87.1 Å². The molecule has 1 saturated heterocycles. The molecule has 0 bridgehead atoms. The fourth-order valence-electron chi connectivity index (χ4n) is 5.18. The molecule has 0 spiro atoms. The number of rotatable bonds is 13. The van der Waals surface area contributed by atoms with Crippen LogP contribution in [-0.4, -0.2) is 37.4 Å². The average molecular weight is 499 g/mol. The molecule has 1 N–H and O–H groups in total. The number of piperidine rings is 1. The first-order chi connectivity index (χ1) is 18.1. The number of hydrogen-bond donors (Lipinski definition) is 1. The second-order valence-electron chi connectivity index (χ2n) is 10.3. The third-order valence-corrected chi connectivity index (χ3v) is 7.61. The minimum atomic E-state index is -0.0508. The van der Waals surface area contributed by atoms with Crippen LogP contribution in [0.25, 0.3) is 0 Å². The van der Waals surface area contributed by atoms with E-state index in [1.165, 1.54) is 24.0 Å². The number of carbonyl (C=O) groups is 1. The van der Waals surface area contributed by atoms with Gasteiger partial charge in [-0.1, -0.05) is 73.7 Å². The van der Waals surface area contributed by atoms with E-state index in [2.05, 4.69) is 83.9 Å². The molecule has 0 aromatic heterocycles. The Labute approximate surface area is 223 Å². The first-order valence-electron chi connectivity index (χ1n) is 13.9. The maximum atomic E-state index is 12.9. The zero-order chi connectivity index (χ0) is 25.9. The van der Waals surface area contributed by atoms with Crippen molar-refractivity contribution in [2.75, 3.05) is 26.7 Å². The lowest BCUT2D eigenvalue weighted by Crippen LogP contribution is -2.33. The number of ketones is 1. The summed E-state index contributed by atoms with van der Waals surface area (Å²) in [6, 6.07) is 27.1. The summed E-state index contributed by atoms with van der Waals surface area (Å²) in [5, 5.41) is 3.23. The highest BCUT2D eigenvalue weighted by Gasteiger charge is 2.21. The van der Waals surface area contributed by atoms with Crippen molar-refractivity contribution in [3.05, 3.63) is 101 Å². The van der Waals surface area contributed by atoms with E-state index < -0.39 is 0 Å². The van der Waals surface area contributed by atoms with Gasteiger partial charge in [0.25, 0.3) is 0 Å². The maximum Gasteiger partial charge on any atom is 0.162 e. The van der Waals surface area contributed by atoms with Crippen molar-refractivity contribution >= 4 is 5.78 Å². The van der Waals surface area contributed by atoms with Crippen LogP contribution in [0.3, 0.4) is 0 Å². The van der Waals surface area contributed by atoms with Crippen LogP contribution in [0.15, 0.2) is 78.9 Å². The highest BCUT2D eigenvalue weighted by Crippen LogP contribution is 2.27. The minimum Gasteiger partial charge on any atom is -0.486 e. The van der Waals surface area contributed by atoms with Crippen molar-refractivity contribution in [2.45, 2.75) is 58.1 Å². The van der Waals surface area contributed by atoms with Crippen molar-refractivity contribution in [1.82, 2.24) is 10.2 Å². The molecule has 37 heavy (non-hydrogen) atoms. The van der Waals surface area contributed by atoms with E-state index in [0.29, 0.717) is 12.3 Å². The number of likely N-dealkylation sites (tertiary alicyclic amines) is 1. The van der Waals surface area contributed by atoms with Crippen LogP contribution in [0.1, 0.15) is 72.2 Å². The van der Waals surface area contributed by atoms with E-state index in [1.54, 1.807) is 0 Å². The van der Waals surface area contributed by atoms with Gasteiger partial charge in [-0.25, -0.2) is 0 Å². The van der Waals surface area contributed by atoms with E-state index in [1.807, 2.05) is 19.2 Å². The van der Waals surface area contributed by atoms with Gasteiger partial charge in [-0.15, -0.1) is 0 Å². The van der Waals surface area contributed by atoms with E-state index >= 15 is 0 Å². The highest BCUT2D eigenvalue weighted by atomic mass is 16.5. The number of hydrogen-bond acceptors (Lipinski definition) is 4. The number of nitrogens with zero attached hydrogens (tertiary/aromatic N) is 1. The van der Waals surface area contributed by atoms with Gasteiger partial charge in [0, 0.05) is 24.9 Å². The van der Waals surface area contributed by atoms with Gasteiger partial charge in [0.2, 0.25) is 0 Å². The lowest BCUT2D eigenvalue weighted by Gasteiger charge is -2.32. The highest BCUT2D eigenvalue weighted by molar-refractivity contribution is 5.96. The number of carbonyl (C=O) groups excluding carboxylic acids is 1. The fourth-order valence-corrected chi connectivity index (χ4v) is 5.18. The average Bonchev–Trinajstić information content (AvgIpc) is 2.95. The Balaban J connectivity index is 1.26. The zero-order valence-corrected chi connectivity index (χ0v) is 22.5. The number of benzene rings is 3. The second-order valence-corrected chi connectivity index (χ2v) is 10.3. The largest absolute Gasteiger partial charge is 0.486 e. The van der Waals surface area contributed by atoms with E-state index in [9.17, 15) is 4.79 Å². The molecule has 1 aliphatic rings. The smallest absolute Gasteiger partial charge is 0.162 e. The lowest BCUT2D eigenvalue weighted by atomic mass is 9.90. The van der Waals surface area contributed by atoms with Gasteiger partial charge in [0.15, 0.2) is 5.78 Å². The molecule has 1 atom stereocenters. The molecular weight excluding hydrogens is 456 g/mol. The Morgan fingerprint density at radius 3 is 2.30 bits per heavy atom. The molecular formula is C33H42N2O2. The van der Waals surface area contributed by atoms with E-state index in [-0.39, 0.29) is 11.9 Å². The number of ether oxygens (including phenoxy) is 1. The van der Waals surface area contributed by atoms with Gasteiger partial charge < -0.3 is 10.1 Å². The predicted molar refractivity (Wildman–Crippen MR) is 152 cm³/mol. The topological polar surface area (TPSA) is 41.6 Å². The Kier molecular flexibility index (Phi) is 10.3. The van der Waals surface area contributed by atoms with Gasteiger partial charge >= 0.3 is 0 Å². The maximum absolute atomic E-state index is 12.9. The summed E-state index contributed by atoms with van der Waals surface area (Å²) in [6.45, 7) is 6.30. The van der Waals surface area contributed by atoms with Crippen LogP contribution in [0.5, 0.6) is 5.75 Å². The molecule has 1 aliphatic heterocycles. The van der Waals surface area contributed by atoms with Crippen LogP contribution >= 0.6 is 0 Å².